The summed E-state index contributed by atoms with van der Waals surface area (Å²) in [5.74, 6) is 0. The number of para-hydroxylation sites is 6. The van der Waals surface area contributed by atoms with Crippen molar-refractivity contribution >= 4 is 77.8 Å². The molecule has 0 atom stereocenters. The van der Waals surface area contributed by atoms with Crippen LogP contribution < -0.4 is 19.6 Å². The number of aryl methyl sites for hydroxylation is 2. The van der Waals surface area contributed by atoms with E-state index in [9.17, 15) is 0 Å². The van der Waals surface area contributed by atoms with Crippen LogP contribution in [0.1, 0.15) is 24.0 Å². The lowest BCUT2D eigenvalue weighted by Gasteiger charge is -2.41. The largest absolute Gasteiger partial charge is 0.345 e. The highest BCUT2D eigenvalue weighted by Crippen LogP contribution is 2.54. The van der Waals surface area contributed by atoms with E-state index in [-0.39, 0.29) is 0 Å². The van der Waals surface area contributed by atoms with Gasteiger partial charge in [0.1, 0.15) is 0 Å². The summed E-state index contributed by atoms with van der Waals surface area (Å²) < 4.78 is 0. The Balaban J connectivity index is 1.19. The maximum absolute atomic E-state index is 2.50. The van der Waals surface area contributed by atoms with Crippen LogP contribution >= 0.6 is 0 Å². The molecule has 2 aliphatic heterocycles. The van der Waals surface area contributed by atoms with E-state index in [0.29, 0.717) is 0 Å². The predicted molar refractivity (Wildman–Crippen MR) is 264 cm³/mol. The highest BCUT2D eigenvalue weighted by molar-refractivity contribution is 6.23. The van der Waals surface area contributed by atoms with Crippen LogP contribution in [0.5, 0.6) is 0 Å². The van der Waals surface area contributed by atoms with E-state index in [1.807, 2.05) is 0 Å². The van der Waals surface area contributed by atoms with Gasteiger partial charge in [0.15, 0.2) is 0 Å². The minimum atomic E-state index is 1.01. The maximum atomic E-state index is 2.50. The minimum Gasteiger partial charge on any atom is -0.345 e. The van der Waals surface area contributed by atoms with Crippen LogP contribution in [0.25, 0.3) is 54.6 Å². The van der Waals surface area contributed by atoms with Gasteiger partial charge in [0.05, 0.1) is 39.8 Å². The van der Waals surface area contributed by atoms with Crippen LogP contribution in [0.3, 0.4) is 0 Å². The van der Waals surface area contributed by atoms with E-state index in [2.05, 4.69) is 230 Å². The van der Waals surface area contributed by atoms with Crippen molar-refractivity contribution in [1.29, 1.82) is 0 Å². The molecule has 9 aromatic rings. The lowest BCUT2D eigenvalue weighted by atomic mass is 9.84. The molecule has 298 valence electrons. The van der Waals surface area contributed by atoms with E-state index in [1.165, 1.54) is 99.8 Å². The summed E-state index contributed by atoms with van der Waals surface area (Å²) in [7, 11) is 4.39. The van der Waals surface area contributed by atoms with Crippen LogP contribution in [0.15, 0.2) is 193 Å². The van der Waals surface area contributed by atoms with Gasteiger partial charge in [-0.1, -0.05) is 109 Å². The fourth-order valence-corrected chi connectivity index (χ4v) is 10.4. The first-order valence-electron chi connectivity index (χ1n) is 21.8. The molecule has 12 rings (SSSR count). The maximum Gasteiger partial charge on any atom is 0.0699 e. The molecule has 0 unspecified atom stereocenters. The summed E-state index contributed by atoms with van der Waals surface area (Å²) >= 11 is 0. The molecule has 1 aliphatic carbocycles. The van der Waals surface area contributed by atoms with Gasteiger partial charge in [-0.2, -0.15) is 0 Å². The summed E-state index contributed by atoms with van der Waals surface area (Å²) in [5.41, 5.74) is 19.5. The van der Waals surface area contributed by atoms with Crippen molar-refractivity contribution in [3.05, 3.63) is 205 Å². The molecule has 0 amide bonds. The van der Waals surface area contributed by atoms with Crippen LogP contribution in [0.2, 0.25) is 0 Å². The molecular formula is C58H46N4. The molecule has 0 fully saturated rings. The lowest BCUT2D eigenvalue weighted by molar-refractivity contribution is 0.849. The Morgan fingerprint density at radius 3 is 1.55 bits per heavy atom. The van der Waals surface area contributed by atoms with E-state index >= 15 is 0 Å². The molecule has 62 heavy (non-hydrogen) atoms. The number of rotatable bonds is 4. The standard InChI is InChI=1S/C58H46N4/c1-37-25-26-41(33-38(37)2)57-45-31-29-44(62-55-23-13-9-19-51(55)60(4)52-20-10-14-24-56(52)62)36-48(45)58(42-28-27-39-15-5-6-16-40(39)34-42)46-32-30-43(35-47(46)57)61-53-21-11-7-17-49(53)59(3)50-18-8-12-22-54(50)61/h5-7,9-17,19-36H,8,18H2,1-4H3. The normalized spacial score (nSPS) is 14.4. The highest BCUT2D eigenvalue weighted by Gasteiger charge is 2.31. The predicted octanol–water partition coefficient (Wildman–Crippen LogP) is 15.8. The smallest absolute Gasteiger partial charge is 0.0699 e. The highest BCUT2D eigenvalue weighted by atomic mass is 15.3. The summed E-state index contributed by atoms with van der Waals surface area (Å²) in [6.07, 6.45) is 6.71. The topological polar surface area (TPSA) is 13.0 Å². The number of hydrogen-bond donors (Lipinski definition) is 0. The third-order valence-electron chi connectivity index (χ3n) is 13.7. The molecule has 0 saturated heterocycles. The molecule has 0 aromatic heterocycles. The first-order valence-corrected chi connectivity index (χ1v) is 21.8. The van der Waals surface area contributed by atoms with E-state index in [4.69, 9.17) is 0 Å². The number of benzene rings is 9. The van der Waals surface area contributed by atoms with E-state index in [0.717, 1.165) is 35.6 Å². The zero-order valence-electron chi connectivity index (χ0n) is 35.5. The van der Waals surface area contributed by atoms with Crippen molar-refractivity contribution in [2.75, 3.05) is 33.7 Å². The number of fused-ring (bicyclic) bond motifs is 6. The summed E-state index contributed by atoms with van der Waals surface area (Å²) in [5, 5.41) is 7.40. The van der Waals surface area contributed by atoms with Crippen molar-refractivity contribution in [2.24, 2.45) is 0 Å². The minimum absolute atomic E-state index is 1.01. The van der Waals surface area contributed by atoms with E-state index in [1.54, 1.807) is 0 Å². The van der Waals surface area contributed by atoms with Gasteiger partial charge in [-0.25, -0.2) is 0 Å². The van der Waals surface area contributed by atoms with Crippen LogP contribution in [0.4, 0.5) is 45.5 Å². The SMILES string of the molecule is Cc1ccc(-c2c3ccc(N4c5ccccc5N(C)c5ccccc54)cc3c(-c3ccc4ccccc4c3)c3ccc(N4C5=C(CCC=C5)N(C)c5ccccc54)cc23)cc1C. The van der Waals surface area contributed by atoms with Gasteiger partial charge in [0.25, 0.3) is 0 Å². The van der Waals surface area contributed by atoms with Crippen molar-refractivity contribution in [1.82, 2.24) is 0 Å². The van der Waals surface area contributed by atoms with Crippen LogP contribution in [-0.2, 0) is 0 Å². The van der Waals surface area contributed by atoms with Crippen molar-refractivity contribution in [3.8, 4) is 22.3 Å². The molecule has 0 N–H and O–H groups in total. The molecule has 4 heteroatoms. The van der Waals surface area contributed by atoms with Gasteiger partial charge in [-0.3, -0.25) is 0 Å². The monoisotopic (exact) mass is 798 g/mol. The molecule has 2 heterocycles. The molecule has 0 spiro atoms. The number of allylic oxidation sites excluding steroid dienone is 3. The summed E-state index contributed by atoms with van der Waals surface area (Å²) in [6.45, 7) is 4.45. The van der Waals surface area contributed by atoms with Gasteiger partial charge < -0.3 is 19.6 Å². The Morgan fingerprint density at radius 2 is 0.919 bits per heavy atom. The van der Waals surface area contributed by atoms with Crippen molar-refractivity contribution < 1.29 is 0 Å². The summed E-state index contributed by atoms with van der Waals surface area (Å²) in [4.78, 5) is 9.65. The number of hydrogen-bond acceptors (Lipinski definition) is 4. The Hall–Kier alpha value is -7.56. The zero-order chi connectivity index (χ0) is 41.6. The first-order chi connectivity index (χ1) is 30.4. The third kappa shape index (κ3) is 5.46. The Bertz CT molecular complexity index is 3340. The summed E-state index contributed by atoms with van der Waals surface area (Å²) in [6, 6.07) is 63.5. The first kappa shape index (κ1) is 36.3. The van der Waals surface area contributed by atoms with E-state index < -0.39 is 0 Å². The Morgan fingerprint density at radius 1 is 0.403 bits per heavy atom. The average Bonchev–Trinajstić information content (AvgIpc) is 3.32. The van der Waals surface area contributed by atoms with Crippen LogP contribution in [0, 0.1) is 13.8 Å². The Kier molecular flexibility index (Phi) is 8.20. The third-order valence-corrected chi connectivity index (χ3v) is 13.7. The second-order valence-corrected chi connectivity index (χ2v) is 17.1. The number of anilines is 8. The average molecular weight is 799 g/mol. The van der Waals surface area contributed by atoms with Gasteiger partial charge in [-0.05, 0) is 165 Å². The zero-order valence-corrected chi connectivity index (χ0v) is 35.5. The van der Waals surface area contributed by atoms with Crippen LogP contribution in [-0.4, -0.2) is 14.1 Å². The fourth-order valence-electron chi connectivity index (χ4n) is 10.4. The molecular weight excluding hydrogens is 753 g/mol. The molecule has 0 saturated carbocycles. The molecule has 0 bridgehead atoms. The second-order valence-electron chi connectivity index (χ2n) is 17.1. The van der Waals surface area contributed by atoms with Crippen molar-refractivity contribution in [2.45, 2.75) is 26.7 Å². The fraction of sp³-hybridized carbons (Fsp3) is 0.103. The molecule has 0 radical (unpaired) electrons. The quantitative estimate of drug-likeness (QED) is 0.164. The van der Waals surface area contributed by atoms with Gasteiger partial charge in [0.2, 0.25) is 0 Å². The molecule has 3 aliphatic rings. The molecule has 4 nitrogen and oxygen atoms in total. The van der Waals surface area contributed by atoms with Gasteiger partial charge in [0, 0.05) is 31.2 Å². The Labute approximate surface area is 363 Å². The van der Waals surface area contributed by atoms with Gasteiger partial charge >= 0.3 is 0 Å². The van der Waals surface area contributed by atoms with Gasteiger partial charge in [-0.15, -0.1) is 0 Å². The second kappa shape index (κ2) is 14.0. The molecule has 9 aromatic carbocycles. The lowest BCUT2D eigenvalue weighted by Crippen LogP contribution is -2.32. The number of nitrogens with zero attached hydrogens (tertiary/aromatic N) is 4. The van der Waals surface area contributed by atoms with Crippen molar-refractivity contribution in [3.63, 3.8) is 0 Å².